The molecule has 352 valence electrons. The standard InChI is InChI=1S/C23H15BrClFN2O3.C15H9BrClIN2O.C8H8BFO4.2CH4/c1-12-4-3-5-17(25)20(12)22(29)28-19-11-14(24)7-9-16(19)21(27-28)15-8-6-13(10-18(15)26)23(30)31-2;1-8-3-2-4-11(17)13(8)15(21)20-12-7-9(16)5-6-10(12)14(18)19-20;1-14-8(11)5-2-3-6(9(12)13)7(10)4-5;;/h3-11H,1-2H3;2-7H,1H3;2-4,12-13H,1H3;2*1H4. The lowest BCUT2D eigenvalue weighted by molar-refractivity contribution is 0.0591. The van der Waals surface area contributed by atoms with Gasteiger partial charge in [0.15, 0.2) is 0 Å². The molecule has 2 heterocycles. The third-order valence-corrected chi connectivity index (χ3v) is 12.3. The van der Waals surface area contributed by atoms with Gasteiger partial charge in [-0.05, 0) is 126 Å². The maximum absolute atomic E-state index is 14.9. The Morgan fingerprint density at radius 1 is 0.647 bits per heavy atom. The zero-order chi connectivity index (χ0) is 48.1. The number of carbonyl (C=O) groups excluding carboxylic acids is 4. The molecule has 8 rings (SSSR count). The van der Waals surface area contributed by atoms with Gasteiger partial charge in [-0.25, -0.2) is 18.4 Å². The van der Waals surface area contributed by atoms with Gasteiger partial charge in [0.25, 0.3) is 11.8 Å². The summed E-state index contributed by atoms with van der Waals surface area (Å²) in [4.78, 5) is 48.8. The SMILES string of the molecule is C.C.COC(=O)c1ccc(-c2nn(C(=O)c3c(C)cccc3Cl)c3cc(Br)ccc23)c(F)c1.COC(=O)c1ccc(B(O)O)c(F)c1.Cc1cccc(Cl)c1C(=O)n1nc(I)c2ccc(Br)cc21. The highest BCUT2D eigenvalue weighted by Gasteiger charge is 2.25. The van der Waals surface area contributed by atoms with E-state index in [9.17, 15) is 28.0 Å². The molecule has 0 aliphatic heterocycles. The molecule has 2 aromatic heterocycles. The summed E-state index contributed by atoms with van der Waals surface area (Å²) < 4.78 is 42.1. The molecule has 0 aliphatic rings. The topological polar surface area (TPSA) is 163 Å². The molecule has 0 atom stereocenters. The maximum atomic E-state index is 14.9. The van der Waals surface area contributed by atoms with Crippen LogP contribution in [0.2, 0.25) is 10.0 Å². The monoisotopic (exact) mass is 1200 g/mol. The zero-order valence-electron chi connectivity index (χ0n) is 34.7. The highest BCUT2D eigenvalue weighted by atomic mass is 127. The predicted octanol–water partition coefficient (Wildman–Crippen LogP) is 11.7. The second-order valence-corrected chi connectivity index (χ2v) is 17.7. The zero-order valence-corrected chi connectivity index (χ0v) is 41.6. The number of nitrogens with zero attached hydrogens (tertiary/aromatic N) is 4. The quantitative estimate of drug-likeness (QED) is 0.0931. The van der Waals surface area contributed by atoms with Crippen molar-refractivity contribution >= 4 is 136 Å². The van der Waals surface area contributed by atoms with Gasteiger partial charge in [-0.15, -0.1) is 0 Å². The number of benzene rings is 6. The summed E-state index contributed by atoms with van der Waals surface area (Å²) in [5.74, 6) is -3.48. The molecule has 0 saturated heterocycles. The average Bonchev–Trinajstić information content (AvgIpc) is 3.82. The van der Waals surface area contributed by atoms with Crippen molar-refractivity contribution in [3.8, 4) is 11.3 Å². The molecule has 0 aliphatic carbocycles. The first kappa shape index (κ1) is 55.3. The number of hydrogen-bond acceptors (Lipinski definition) is 10. The second kappa shape index (κ2) is 23.8. The lowest BCUT2D eigenvalue weighted by Crippen LogP contribution is -2.32. The van der Waals surface area contributed by atoms with Gasteiger partial charge in [-0.2, -0.15) is 19.6 Å². The molecule has 68 heavy (non-hydrogen) atoms. The molecule has 6 aromatic carbocycles. The van der Waals surface area contributed by atoms with Gasteiger partial charge < -0.3 is 19.5 Å². The minimum Gasteiger partial charge on any atom is -0.465 e. The third kappa shape index (κ3) is 11.9. The Kier molecular flexibility index (Phi) is 19.3. The number of ether oxygens (including phenoxy) is 2. The Labute approximate surface area is 430 Å². The van der Waals surface area contributed by atoms with Gasteiger partial charge in [0, 0.05) is 30.7 Å². The van der Waals surface area contributed by atoms with Gasteiger partial charge in [0.05, 0.1) is 57.6 Å². The van der Waals surface area contributed by atoms with E-state index in [1.807, 2.05) is 37.3 Å². The van der Waals surface area contributed by atoms with Crippen LogP contribution in [0.15, 0.2) is 118 Å². The largest absolute Gasteiger partial charge is 0.491 e. The Hall–Kier alpha value is -5.35. The number of carbonyl (C=O) groups is 4. The van der Waals surface area contributed by atoms with Crippen LogP contribution < -0.4 is 5.46 Å². The first-order valence-corrected chi connectivity index (χ1v) is 22.5. The van der Waals surface area contributed by atoms with Crippen molar-refractivity contribution in [3.63, 3.8) is 0 Å². The van der Waals surface area contributed by atoms with E-state index in [-0.39, 0.29) is 48.6 Å². The smallest absolute Gasteiger partial charge is 0.465 e. The summed E-state index contributed by atoms with van der Waals surface area (Å²) in [6, 6.07) is 28.9. The minimum absolute atomic E-state index is 0. The van der Waals surface area contributed by atoms with E-state index in [0.29, 0.717) is 37.6 Å². The van der Waals surface area contributed by atoms with Crippen LogP contribution in [0.4, 0.5) is 8.78 Å². The maximum Gasteiger partial charge on any atom is 0.491 e. The second-order valence-electron chi connectivity index (χ2n) is 14.0. The van der Waals surface area contributed by atoms with Crippen LogP contribution in [0.25, 0.3) is 33.1 Å². The molecule has 0 fully saturated rings. The highest BCUT2D eigenvalue weighted by Crippen LogP contribution is 2.34. The number of fused-ring (bicyclic) bond motifs is 2. The van der Waals surface area contributed by atoms with Gasteiger partial charge in [0.2, 0.25) is 0 Å². The molecule has 0 radical (unpaired) electrons. The highest BCUT2D eigenvalue weighted by molar-refractivity contribution is 14.1. The third-order valence-electron chi connectivity index (χ3n) is 9.84. The fourth-order valence-corrected chi connectivity index (χ4v) is 8.57. The van der Waals surface area contributed by atoms with Gasteiger partial charge in [-0.1, -0.05) is 100 Å². The summed E-state index contributed by atoms with van der Waals surface area (Å²) in [6.07, 6.45) is 0. The van der Waals surface area contributed by atoms with Crippen molar-refractivity contribution < 1.29 is 47.5 Å². The van der Waals surface area contributed by atoms with Crippen LogP contribution in [0.3, 0.4) is 0 Å². The molecule has 0 bridgehead atoms. The van der Waals surface area contributed by atoms with E-state index in [1.54, 1.807) is 49.4 Å². The van der Waals surface area contributed by atoms with Crippen molar-refractivity contribution in [2.75, 3.05) is 14.2 Å². The van der Waals surface area contributed by atoms with Crippen LogP contribution in [0.1, 0.15) is 67.4 Å². The van der Waals surface area contributed by atoms with Crippen molar-refractivity contribution in [2.45, 2.75) is 28.7 Å². The number of hydrogen-bond donors (Lipinski definition) is 2. The number of aryl methyl sites for hydroxylation is 2. The fourth-order valence-electron chi connectivity index (χ4n) is 6.60. The van der Waals surface area contributed by atoms with E-state index in [0.717, 1.165) is 47.3 Å². The summed E-state index contributed by atoms with van der Waals surface area (Å²) in [5, 5.41) is 28.5. The number of methoxy groups -OCH3 is 2. The van der Waals surface area contributed by atoms with Crippen LogP contribution >= 0.6 is 77.7 Å². The normalized spacial score (nSPS) is 10.4. The first-order chi connectivity index (χ1) is 31.4. The van der Waals surface area contributed by atoms with Gasteiger partial charge >= 0.3 is 19.1 Å². The average molecular weight is 1210 g/mol. The predicted molar refractivity (Wildman–Crippen MR) is 277 cm³/mol. The van der Waals surface area contributed by atoms with Crippen molar-refractivity contribution in [1.82, 2.24) is 19.6 Å². The van der Waals surface area contributed by atoms with Crippen molar-refractivity contribution in [1.29, 1.82) is 0 Å². The number of halogens is 7. The molecule has 12 nitrogen and oxygen atoms in total. The van der Waals surface area contributed by atoms with Crippen molar-refractivity contribution in [3.05, 3.63) is 177 Å². The lowest BCUT2D eigenvalue weighted by atomic mass is 9.79. The first-order valence-electron chi connectivity index (χ1n) is 19.1. The van der Waals surface area contributed by atoms with Gasteiger partial charge in [0.1, 0.15) is 21.0 Å². The van der Waals surface area contributed by atoms with E-state index in [1.165, 1.54) is 41.8 Å². The lowest BCUT2D eigenvalue weighted by Gasteiger charge is -2.08. The van der Waals surface area contributed by atoms with E-state index >= 15 is 0 Å². The summed E-state index contributed by atoms with van der Waals surface area (Å²) in [6.45, 7) is 3.65. The number of aromatic nitrogens is 4. The Morgan fingerprint density at radius 2 is 1.10 bits per heavy atom. The van der Waals surface area contributed by atoms with Crippen LogP contribution in [-0.4, -0.2) is 74.7 Å². The van der Waals surface area contributed by atoms with Crippen LogP contribution in [0.5, 0.6) is 0 Å². The molecule has 2 N–H and O–H groups in total. The summed E-state index contributed by atoms with van der Waals surface area (Å²) >= 11 is 21.4. The Balaban J connectivity index is 0.000000237. The van der Waals surface area contributed by atoms with Crippen molar-refractivity contribution in [2.24, 2.45) is 0 Å². The number of esters is 2. The number of rotatable bonds is 6. The fraction of sp³-hybridized carbons (Fsp3) is 0.125. The minimum atomic E-state index is -1.89. The molecule has 0 spiro atoms. The Morgan fingerprint density at radius 3 is 1.56 bits per heavy atom. The summed E-state index contributed by atoms with van der Waals surface area (Å²) in [7, 11) is 0.514. The molecule has 0 saturated carbocycles. The molecular weight excluding hydrogens is 1170 g/mol. The molecule has 20 heteroatoms. The van der Waals surface area contributed by atoms with E-state index < -0.39 is 36.6 Å². The van der Waals surface area contributed by atoms with Crippen LogP contribution in [0, 0.1) is 29.2 Å². The van der Waals surface area contributed by atoms with E-state index in [4.69, 9.17) is 33.2 Å². The molecule has 0 amide bonds. The molecule has 8 aromatic rings. The summed E-state index contributed by atoms with van der Waals surface area (Å²) in [5.41, 5.74) is 3.85. The molecular formula is C48H40BBr2Cl2F2IN4O8. The molecule has 0 unspecified atom stereocenters. The van der Waals surface area contributed by atoms with Crippen LogP contribution in [-0.2, 0) is 9.47 Å². The van der Waals surface area contributed by atoms with Gasteiger partial charge in [-0.3, -0.25) is 9.59 Å². The Bertz CT molecular complexity index is 3190. The van der Waals surface area contributed by atoms with E-state index in [2.05, 4.69) is 74.1 Å².